The molecule has 48 heavy (non-hydrogen) atoms. The van der Waals surface area contributed by atoms with Crippen LogP contribution in [0.1, 0.15) is 66.5 Å². The highest BCUT2D eigenvalue weighted by Crippen LogP contribution is 2.51. The maximum absolute atomic E-state index is 13.9. The van der Waals surface area contributed by atoms with Gasteiger partial charge >= 0.3 is 32.1 Å². The zero-order chi connectivity index (χ0) is 36.0. The molecule has 0 bridgehead atoms. The van der Waals surface area contributed by atoms with Crippen molar-refractivity contribution in [3.8, 4) is 0 Å². The maximum atomic E-state index is 13.9. The first-order chi connectivity index (χ1) is 22.3. The Hall–Kier alpha value is -4.17. The Morgan fingerprint density at radius 1 is 0.646 bits per heavy atom. The average molecular weight is 696 g/mol. The van der Waals surface area contributed by atoms with Gasteiger partial charge in [0.25, 0.3) is 0 Å². The normalized spacial score (nSPS) is 14.7. The van der Waals surface area contributed by atoms with Crippen LogP contribution < -0.4 is 16.0 Å². The van der Waals surface area contributed by atoms with Gasteiger partial charge in [0.1, 0.15) is 36.9 Å². The zero-order valence-corrected chi connectivity index (χ0v) is 29.4. The number of benzene rings is 2. The van der Waals surface area contributed by atoms with Gasteiger partial charge in [-0.3, -0.25) is 24.2 Å². The summed E-state index contributed by atoms with van der Waals surface area (Å²) < 4.78 is 51.3. The number of phosphoric acid groups is 1. The Morgan fingerprint density at radius 3 is 1.46 bits per heavy atom. The summed E-state index contributed by atoms with van der Waals surface area (Å²) in [7, 11) is -4.77. The van der Waals surface area contributed by atoms with E-state index < -0.39 is 68.4 Å². The first-order valence-corrected chi connectivity index (χ1v) is 16.6. The van der Waals surface area contributed by atoms with Crippen LogP contribution in [0.5, 0.6) is 0 Å². The number of ether oxygens (including phenoxy) is 4. The summed E-state index contributed by atoms with van der Waals surface area (Å²) in [6.07, 6.45) is -5.48. The van der Waals surface area contributed by atoms with Crippen molar-refractivity contribution in [2.24, 2.45) is 0 Å². The Bertz CT molecular complexity index is 1310. The number of rotatable bonds is 15. The van der Waals surface area contributed by atoms with E-state index in [0.29, 0.717) is 0 Å². The molecular weight excluding hydrogens is 649 g/mol. The van der Waals surface area contributed by atoms with Crippen molar-refractivity contribution < 1.29 is 56.3 Å². The Labute approximate surface area is 280 Å². The number of hydrogen-bond acceptors (Lipinski definition) is 12. The van der Waals surface area contributed by atoms with E-state index in [1.165, 1.54) is 13.8 Å². The molecule has 15 nitrogen and oxygen atoms in total. The summed E-state index contributed by atoms with van der Waals surface area (Å²) in [6.45, 7) is 11.5. The second-order valence-electron chi connectivity index (χ2n) is 12.4. The molecule has 0 spiro atoms. The van der Waals surface area contributed by atoms with E-state index in [1.807, 2.05) is 12.1 Å². The fraction of sp³-hybridized carbons (Fsp3) is 0.500. The molecule has 2 rings (SSSR count). The van der Waals surface area contributed by atoms with Gasteiger partial charge in [-0.1, -0.05) is 60.7 Å². The number of carbonyl (C=O) groups excluding carboxylic acids is 4. The van der Waals surface area contributed by atoms with Crippen LogP contribution >= 0.6 is 7.82 Å². The summed E-state index contributed by atoms with van der Waals surface area (Å²) in [5, 5.41) is 7.03. The molecule has 0 aliphatic carbocycles. The quantitative estimate of drug-likeness (QED) is 0.0865. The number of phosphoric ester groups is 1. The van der Waals surface area contributed by atoms with E-state index in [0.717, 1.165) is 11.1 Å². The van der Waals surface area contributed by atoms with Crippen LogP contribution in [0.4, 0.5) is 14.4 Å². The summed E-state index contributed by atoms with van der Waals surface area (Å²) in [5.74, 6) is -0.939. The Kier molecular flexibility index (Phi) is 15.3. The van der Waals surface area contributed by atoms with Crippen molar-refractivity contribution in [3.05, 3.63) is 71.8 Å². The van der Waals surface area contributed by atoms with E-state index in [1.54, 1.807) is 90.1 Å². The molecule has 2 aromatic rings. The number of nitrogens with one attached hydrogen (secondary N) is 3. The largest absolute Gasteiger partial charge is 0.478 e. The number of esters is 1. The Morgan fingerprint density at radius 2 is 1.06 bits per heavy atom. The van der Waals surface area contributed by atoms with Crippen LogP contribution in [-0.2, 0) is 55.1 Å². The molecular formula is C32H46N3O12P. The van der Waals surface area contributed by atoms with Crippen LogP contribution in [0.3, 0.4) is 0 Å². The maximum Gasteiger partial charge on any atom is 0.478 e. The zero-order valence-electron chi connectivity index (χ0n) is 28.5. The lowest BCUT2D eigenvalue weighted by atomic mass is 10.2. The molecule has 3 unspecified atom stereocenters. The minimum Gasteiger partial charge on any atom is -0.458 e. The van der Waals surface area contributed by atoms with Gasteiger partial charge in [0, 0.05) is 0 Å². The fourth-order valence-corrected chi connectivity index (χ4v) is 4.93. The van der Waals surface area contributed by atoms with Gasteiger partial charge in [-0.15, -0.1) is 0 Å². The topological polar surface area (TPSA) is 186 Å². The van der Waals surface area contributed by atoms with Crippen LogP contribution in [0.15, 0.2) is 60.7 Å². The van der Waals surface area contributed by atoms with Crippen LogP contribution in [0.25, 0.3) is 0 Å². The SMILES string of the molecule is CC(NC(=O)OCc1ccccc1)OP(=O)(OCC(NC(=O)OC(C)(C)C)C(=O)OC(C)(C)C)OC(C)NC(=O)OCc1ccccc1. The summed E-state index contributed by atoms with van der Waals surface area (Å²) in [4.78, 5) is 50.4. The van der Waals surface area contributed by atoms with E-state index in [9.17, 15) is 23.7 Å². The molecule has 0 heterocycles. The van der Waals surface area contributed by atoms with Crippen LogP contribution in [-0.4, -0.2) is 60.6 Å². The third-order valence-corrected chi connectivity index (χ3v) is 7.04. The van der Waals surface area contributed by atoms with E-state index >= 15 is 0 Å². The highest BCUT2D eigenvalue weighted by Gasteiger charge is 2.37. The van der Waals surface area contributed by atoms with Crippen molar-refractivity contribution in [1.82, 2.24) is 16.0 Å². The summed E-state index contributed by atoms with van der Waals surface area (Å²) in [5.41, 5.74) is -0.414. The number of hydrogen-bond donors (Lipinski definition) is 3. The minimum absolute atomic E-state index is 0.0516. The third-order valence-electron chi connectivity index (χ3n) is 5.42. The molecule has 3 amide bonds. The molecule has 16 heteroatoms. The lowest BCUT2D eigenvalue weighted by Crippen LogP contribution is -2.48. The molecule has 3 N–H and O–H groups in total. The highest BCUT2D eigenvalue weighted by atomic mass is 31.2. The molecule has 266 valence electrons. The van der Waals surface area contributed by atoms with Gasteiger partial charge in [-0.2, -0.15) is 0 Å². The molecule has 2 aromatic carbocycles. The molecule has 0 fully saturated rings. The molecule has 0 aliphatic rings. The minimum atomic E-state index is -4.77. The van der Waals surface area contributed by atoms with Gasteiger partial charge in [0.2, 0.25) is 0 Å². The van der Waals surface area contributed by atoms with Crippen molar-refractivity contribution in [2.75, 3.05) is 6.61 Å². The fourth-order valence-electron chi connectivity index (χ4n) is 3.54. The molecule has 0 aromatic heterocycles. The van der Waals surface area contributed by atoms with Crippen molar-refractivity contribution in [2.45, 2.75) is 98.3 Å². The lowest BCUT2D eigenvalue weighted by molar-refractivity contribution is -0.158. The molecule has 0 radical (unpaired) electrons. The molecule has 0 aliphatic heterocycles. The lowest BCUT2D eigenvalue weighted by Gasteiger charge is -2.28. The predicted molar refractivity (Wildman–Crippen MR) is 173 cm³/mol. The van der Waals surface area contributed by atoms with E-state index in [2.05, 4.69) is 16.0 Å². The van der Waals surface area contributed by atoms with Crippen molar-refractivity contribution >= 4 is 32.1 Å². The monoisotopic (exact) mass is 695 g/mol. The molecule has 0 saturated heterocycles. The standard InChI is InChI=1S/C32H46N3O12P/c1-22(33-28(37)41-19-24-15-11-9-12-16-24)46-48(40,47-23(2)34-29(38)42-20-25-17-13-10-14-18-25)43-21-26(27(36)44-31(3,4)5)35-30(39)45-32(6,7)8/h9-18,22-23,26H,19-21H2,1-8H3,(H,33,37)(H,34,38)(H,35,39). The van der Waals surface area contributed by atoms with Gasteiger partial charge in [-0.05, 0) is 66.5 Å². The first kappa shape index (κ1) is 40.0. The summed E-state index contributed by atoms with van der Waals surface area (Å²) >= 11 is 0. The van der Waals surface area contributed by atoms with E-state index in [4.69, 9.17) is 32.5 Å². The van der Waals surface area contributed by atoms with Gasteiger partial charge in [0.15, 0.2) is 6.04 Å². The van der Waals surface area contributed by atoms with Gasteiger partial charge in [0.05, 0.1) is 6.61 Å². The predicted octanol–water partition coefficient (Wildman–Crippen LogP) is 5.92. The second-order valence-corrected chi connectivity index (χ2v) is 14.0. The highest BCUT2D eigenvalue weighted by molar-refractivity contribution is 7.48. The van der Waals surface area contributed by atoms with Crippen LogP contribution in [0.2, 0.25) is 0 Å². The van der Waals surface area contributed by atoms with Gasteiger partial charge < -0.3 is 24.3 Å². The van der Waals surface area contributed by atoms with Crippen molar-refractivity contribution in [3.63, 3.8) is 0 Å². The smallest absolute Gasteiger partial charge is 0.458 e. The Balaban J connectivity index is 2.17. The average Bonchev–Trinajstić information content (AvgIpc) is 2.96. The van der Waals surface area contributed by atoms with Crippen LogP contribution in [0, 0.1) is 0 Å². The van der Waals surface area contributed by atoms with E-state index in [-0.39, 0.29) is 13.2 Å². The van der Waals surface area contributed by atoms with Gasteiger partial charge in [-0.25, -0.2) is 23.7 Å². The first-order valence-electron chi connectivity index (χ1n) is 15.1. The second kappa shape index (κ2) is 18.4. The number of amides is 3. The van der Waals surface area contributed by atoms with Crippen molar-refractivity contribution in [1.29, 1.82) is 0 Å². The third kappa shape index (κ3) is 17.1. The summed E-state index contributed by atoms with van der Waals surface area (Å²) in [6, 6.07) is 16.2. The molecule has 3 atom stereocenters. The number of alkyl carbamates (subject to hydrolysis) is 3. The number of carbonyl (C=O) groups is 4. The molecule has 0 saturated carbocycles.